The van der Waals surface area contributed by atoms with Crippen LogP contribution >= 0.6 is 0 Å². The van der Waals surface area contributed by atoms with E-state index in [4.69, 9.17) is 10.9 Å². The molecule has 0 saturated carbocycles. The van der Waals surface area contributed by atoms with E-state index in [-0.39, 0.29) is 0 Å². The Bertz CT molecular complexity index is 506. The smallest absolute Gasteiger partial charge is 0.267 e. The van der Waals surface area contributed by atoms with Gasteiger partial charge in [-0.3, -0.25) is 14.8 Å². The molecule has 7 heteroatoms. The molecule has 6 N–H and O–H groups in total. The zero-order chi connectivity index (χ0) is 16.2. The molecule has 1 rings (SSSR count). The largest absolute Gasteiger partial charge is 0.386 e. The van der Waals surface area contributed by atoms with Crippen LogP contribution in [-0.2, 0) is 10.4 Å². The molecule has 0 aliphatic carbocycles. The second-order valence-corrected chi connectivity index (χ2v) is 5.42. The van der Waals surface area contributed by atoms with Crippen LogP contribution in [0.15, 0.2) is 24.3 Å². The SMILES string of the molecule is C[C@@H](N)[C@H](NC(=O)c1ccc(C(C)(C)O)cc1)C(=O)NO. The maximum absolute atomic E-state index is 12.1. The highest BCUT2D eigenvalue weighted by molar-refractivity contribution is 5.97. The predicted octanol–water partition coefficient (Wildman–Crippen LogP) is -0.135. The van der Waals surface area contributed by atoms with Gasteiger partial charge >= 0.3 is 0 Å². The van der Waals surface area contributed by atoms with E-state index in [1.165, 1.54) is 24.5 Å². The van der Waals surface area contributed by atoms with Crippen molar-refractivity contribution in [2.45, 2.75) is 38.5 Å². The number of amides is 2. The number of carbonyl (C=O) groups excluding carboxylic acids is 2. The third-order valence-electron chi connectivity index (χ3n) is 3.06. The average molecular weight is 295 g/mol. The third kappa shape index (κ3) is 4.52. The number of hydroxylamine groups is 1. The molecule has 0 radical (unpaired) electrons. The topological polar surface area (TPSA) is 125 Å². The van der Waals surface area contributed by atoms with E-state index in [0.717, 1.165) is 0 Å². The van der Waals surface area contributed by atoms with Crippen molar-refractivity contribution in [3.63, 3.8) is 0 Å². The Kier molecular flexibility index (Phi) is 5.42. The monoisotopic (exact) mass is 295 g/mol. The Balaban J connectivity index is 2.86. The fourth-order valence-corrected chi connectivity index (χ4v) is 1.76. The van der Waals surface area contributed by atoms with Crippen molar-refractivity contribution in [3.05, 3.63) is 35.4 Å². The van der Waals surface area contributed by atoms with Crippen molar-refractivity contribution in [2.75, 3.05) is 0 Å². The molecule has 0 spiro atoms. The number of nitrogens with one attached hydrogen (secondary N) is 2. The summed E-state index contributed by atoms with van der Waals surface area (Å²) in [5, 5.41) is 20.9. The minimum atomic E-state index is -1.04. The lowest BCUT2D eigenvalue weighted by molar-refractivity contribution is -0.131. The van der Waals surface area contributed by atoms with Gasteiger partial charge in [0.2, 0.25) is 0 Å². The average Bonchev–Trinajstić information content (AvgIpc) is 2.42. The van der Waals surface area contributed by atoms with Crippen molar-refractivity contribution in [1.29, 1.82) is 0 Å². The first-order valence-electron chi connectivity index (χ1n) is 6.50. The Morgan fingerprint density at radius 3 is 2.14 bits per heavy atom. The van der Waals surface area contributed by atoms with Crippen molar-refractivity contribution >= 4 is 11.8 Å². The summed E-state index contributed by atoms with van der Waals surface area (Å²) in [6.45, 7) is 4.82. The molecular formula is C14H21N3O4. The molecule has 0 bridgehead atoms. The zero-order valence-electron chi connectivity index (χ0n) is 12.3. The summed E-state index contributed by atoms with van der Waals surface area (Å²) in [6.07, 6.45) is 0. The minimum absolute atomic E-state index is 0.319. The van der Waals surface area contributed by atoms with Gasteiger partial charge < -0.3 is 16.2 Å². The molecule has 21 heavy (non-hydrogen) atoms. The first kappa shape index (κ1) is 17.1. The molecule has 2 amide bonds. The van der Waals surface area contributed by atoms with Crippen LogP contribution in [0, 0.1) is 0 Å². The molecule has 7 nitrogen and oxygen atoms in total. The minimum Gasteiger partial charge on any atom is -0.386 e. The summed E-state index contributed by atoms with van der Waals surface area (Å²) in [5.74, 6) is -1.28. The highest BCUT2D eigenvalue weighted by Gasteiger charge is 2.25. The van der Waals surface area contributed by atoms with E-state index in [1.54, 1.807) is 26.0 Å². The number of nitrogens with two attached hydrogens (primary N) is 1. The van der Waals surface area contributed by atoms with Gasteiger partial charge in [-0.15, -0.1) is 0 Å². The molecule has 0 aliphatic heterocycles. The van der Waals surface area contributed by atoms with Crippen LogP contribution in [0.4, 0.5) is 0 Å². The summed E-state index contributed by atoms with van der Waals surface area (Å²) in [5.41, 5.74) is 7.05. The van der Waals surface area contributed by atoms with Gasteiger partial charge in [0.05, 0.1) is 5.60 Å². The number of carbonyl (C=O) groups is 2. The van der Waals surface area contributed by atoms with Gasteiger partial charge in [0.15, 0.2) is 0 Å². The quantitative estimate of drug-likeness (QED) is 0.382. The Morgan fingerprint density at radius 1 is 1.24 bits per heavy atom. The van der Waals surface area contributed by atoms with Crippen LogP contribution < -0.4 is 16.5 Å². The lowest BCUT2D eigenvalue weighted by atomic mass is 9.97. The molecule has 0 heterocycles. The maximum Gasteiger partial charge on any atom is 0.267 e. The van der Waals surface area contributed by atoms with Gasteiger partial charge in [-0.2, -0.15) is 0 Å². The number of aliphatic hydroxyl groups is 1. The molecule has 0 unspecified atom stereocenters. The highest BCUT2D eigenvalue weighted by Crippen LogP contribution is 2.19. The molecule has 1 aromatic carbocycles. The van der Waals surface area contributed by atoms with E-state index in [1.807, 2.05) is 0 Å². The van der Waals surface area contributed by atoms with Gasteiger partial charge in [0, 0.05) is 11.6 Å². The summed E-state index contributed by atoms with van der Waals surface area (Å²) >= 11 is 0. The zero-order valence-corrected chi connectivity index (χ0v) is 12.3. The Hall–Kier alpha value is -1.96. The molecule has 0 aromatic heterocycles. The van der Waals surface area contributed by atoms with E-state index < -0.39 is 29.5 Å². The summed E-state index contributed by atoms with van der Waals surface area (Å²) in [6, 6.07) is 4.62. The van der Waals surface area contributed by atoms with Gasteiger partial charge in [-0.1, -0.05) is 12.1 Å². The lowest BCUT2D eigenvalue weighted by Crippen LogP contribution is -2.54. The van der Waals surface area contributed by atoms with Gasteiger partial charge in [-0.05, 0) is 38.5 Å². The van der Waals surface area contributed by atoms with Gasteiger partial charge in [-0.25, -0.2) is 5.48 Å². The summed E-state index contributed by atoms with van der Waals surface area (Å²) in [4.78, 5) is 23.5. The lowest BCUT2D eigenvalue weighted by Gasteiger charge is -2.21. The first-order chi connectivity index (χ1) is 9.66. The number of hydrogen-bond donors (Lipinski definition) is 5. The fraction of sp³-hybridized carbons (Fsp3) is 0.429. The molecule has 0 saturated heterocycles. The van der Waals surface area contributed by atoms with E-state index >= 15 is 0 Å². The van der Waals surface area contributed by atoms with Crippen LogP contribution in [-0.4, -0.2) is 34.2 Å². The third-order valence-corrected chi connectivity index (χ3v) is 3.06. The molecule has 1 aromatic rings. The van der Waals surface area contributed by atoms with Crippen LogP contribution in [0.2, 0.25) is 0 Å². The van der Waals surface area contributed by atoms with Crippen molar-refractivity contribution in [2.24, 2.45) is 5.73 Å². The highest BCUT2D eigenvalue weighted by atomic mass is 16.5. The van der Waals surface area contributed by atoms with Gasteiger partial charge in [0.1, 0.15) is 6.04 Å². The number of rotatable bonds is 5. The maximum atomic E-state index is 12.1. The van der Waals surface area contributed by atoms with Crippen molar-refractivity contribution in [3.8, 4) is 0 Å². The molecule has 2 atom stereocenters. The van der Waals surface area contributed by atoms with Crippen molar-refractivity contribution in [1.82, 2.24) is 10.8 Å². The number of benzene rings is 1. The Labute approximate surface area is 123 Å². The first-order valence-corrected chi connectivity index (χ1v) is 6.50. The van der Waals surface area contributed by atoms with E-state index in [2.05, 4.69) is 5.32 Å². The van der Waals surface area contributed by atoms with Crippen molar-refractivity contribution < 1.29 is 19.9 Å². The van der Waals surface area contributed by atoms with Crippen LogP contribution in [0.5, 0.6) is 0 Å². The molecular weight excluding hydrogens is 274 g/mol. The van der Waals surface area contributed by atoms with E-state index in [0.29, 0.717) is 11.1 Å². The summed E-state index contributed by atoms with van der Waals surface area (Å²) < 4.78 is 0. The number of hydrogen-bond acceptors (Lipinski definition) is 5. The Morgan fingerprint density at radius 2 is 1.76 bits per heavy atom. The normalized spacial score (nSPS) is 14.2. The molecule has 0 fully saturated rings. The summed E-state index contributed by atoms with van der Waals surface area (Å²) in [7, 11) is 0. The standard InChI is InChI=1S/C14H21N3O4/c1-8(15)11(13(19)17-21)16-12(18)9-4-6-10(7-5-9)14(2,3)20/h4-8,11,20-21H,15H2,1-3H3,(H,16,18)(H,17,19)/t8-,11+/m1/s1. The fourth-order valence-electron chi connectivity index (χ4n) is 1.76. The molecule has 0 aliphatic rings. The molecule has 116 valence electrons. The van der Waals surface area contributed by atoms with Gasteiger partial charge in [0.25, 0.3) is 11.8 Å². The van der Waals surface area contributed by atoms with Crippen LogP contribution in [0.3, 0.4) is 0 Å². The van der Waals surface area contributed by atoms with Crippen LogP contribution in [0.1, 0.15) is 36.7 Å². The predicted molar refractivity (Wildman–Crippen MR) is 76.5 cm³/mol. The second-order valence-electron chi connectivity index (χ2n) is 5.42. The van der Waals surface area contributed by atoms with Crippen LogP contribution in [0.25, 0.3) is 0 Å². The second kappa shape index (κ2) is 6.66. The van der Waals surface area contributed by atoms with E-state index in [9.17, 15) is 14.7 Å².